The van der Waals surface area contributed by atoms with E-state index in [1.165, 1.54) is 0 Å². The van der Waals surface area contributed by atoms with Crippen molar-refractivity contribution in [2.24, 2.45) is 7.05 Å². The van der Waals surface area contributed by atoms with Crippen LogP contribution in [0.25, 0.3) is 28.2 Å². The molecular formula is C14H11BrN10. The van der Waals surface area contributed by atoms with Gasteiger partial charge >= 0.3 is 0 Å². The molecular weight excluding hydrogens is 388 g/mol. The van der Waals surface area contributed by atoms with Crippen molar-refractivity contribution in [3.63, 3.8) is 0 Å². The molecule has 11 heteroatoms. The molecule has 10 nitrogen and oxygen atoms in total. The molecule has 124 valence electrons. The van der Waals surface area contributed by atoms with Crippen molar-refractivity contribution in [1.82, 2.24) is 48.9 Å². The summed E-state index contributed by atoms with van der Waals surface area (Å²) in [6.07, 6.45) is 8.86. The highest BCUT2D eigenvalue weighted by Gasteiger charge is 2.14. The van der Waals surface area contributed by atoms with Crippen LogP contribution in [0.4, 0.5) is 0 Å². The SMILES string of the molecule is Cn1ncc2c1ncn1nc(-c3ccn(Cn4cc(Br)cn4)n3)nc21. The molecule has 0 aliphatic carbocycles. The Hall–Kier alpha value is -3.08. The van der Waals surface area contributed by atoms with Gasteiger partial charge in [-0.2, -0.15) is 15.3 Å². The zero-order valence-corrected chi connectivity index (χ0v) is 14.6. The molecule has 25 heavy (non-hydrogen) atoms. The lowest BCUT2D eigenvalue weighted by Crippen LogP contribution is -2.08. The molecule has 0 N–H and O–H groups in total. The first-order valence-corrected chi connectivity index (χ1v) is 8.21. The van der Waals surface area contributed by atoms with Gasteiger partial charge in [0.05, 0.1) is 22.3 Å². The van der Waals surface area contributed by atoms with E-state index in [4.69, 9.17) is 0 Å². The maximum atomic E-state index is 4.60. The largest absolute Gasteiger partial charge is 0.250 e. The summed E-state index contributed by atoms with van der Waals surface area (Å²) in [4.78, 5) is 8.96. The summed E-state index contributed by atoms with van der Waals surface area (Å²) in [6, 6.07) is 1.88. The second kappa shape index (κ2) is 5.21. The quantitative estimate of drug-likeness (QED) is 0.454. The van der Waals surface area contributed by atoms with Crippen LogP contribution in [0.5, 0.6) is 0 Å². The average Bonchev–Trinajstić information content (AvgIpc) is 3.34. The third kappa shape index (κ3) is 2.31. The van der Waals surface area contributed by atoms with E-state index in [2.05, 4.69) is 46.3 Å². The Kier molecular flexibility index (Phi) is 2.98. The Morgan fingerprint density at radius 2 is 2.00 bits per heavy atom. The lowest BCUT2D eigenvalue weighted by molar-refractivity contribution is 0.503. The minimum Gasteiger partial charge on any atom is -0.250 e. The highest BCUT2D eigenvalue weighted by Crippen LogP contribution is 2.19. The summed E-state index contributed by atoms with van der Waals surface area (Å²) in [5.74, 6) is 0.540. The van der Waals surface area contributed by atoms with Crippen molar-refractivity contribution in [1.29, 1.82) is 0 Å². The maximum Gasteiger partial charge on any atom is 0.202 e. The van der Waals surface area contributed by atoms with E-state index < -0.39 is 0 Å². The molecule has 0 saturated carbocycles. The summed E-state index contributed by atoms with van der Waals surface area (Å²) < 4.78 is 7.83. The first-order chi connectivity index (χ1) is 12.2. The van der Waals surface area contributed by atoms with E-state index in [0.29, 0.717) is 23.8 Å². The third-order valence-electron chi connectivity index (χ3n) is 3.83. The zero-order valence-electron chi connectivity index (χ0n) is 13.0. The van der Waals surface area contributed by atoms with Crippen LogP contribution < -0.4 is 0 Å². The van der Waals surface area contributed by atoms with E-state index >= 15 is 0 Å². The van der Waals surface area contributed by atoms with Crippen molar-refractivity contribution >= 4 is 32.6 Å². The Balaban J connectivity index is 1.53. The van der Waals surface area contributed by atoms with E-state index in [1.807, 2.05) is 25.5 Å². The van der Waals surface area contributed by atoms with Gasteiger partial charge in [-0.05, 0) is 22.0 Å². The molecule has 5 aromatic rings. The molecule has 0 saturated heterocycles. The molecule has 0 fully saturated rings. The molecule has 0 unspecified atom stereocenters. The zero-order chi connectivity index (χ0) is 17.0. The van der Waals surface area contributed by atoms with Crippen molar-refractivity contribution in [3.05, 3.63) is 41.7 Å². The van der Waals surface area contributed by atoms with Crippen LogP contribution in [0.1, 0.15) is 0 Å². The lowest BCUT2D eigenvalue weighted by atomic mass is 10.4. The molecule has 0 atom stereocenters. The second-order valence-corrected chi connectivity index (χ2v) is 6.45. The van der Waals surface area contributed by atoms with Gasteiger partial charge in [0.2, 0.25) is 5.82 Å². The Morgan fingerprint density at radius 1 is 1.08 bits per heavy atom. The molecule has 5 aromatic heterocycles. The minimum atomic E-state index is 0.507. The number of aromatic nitrogens is 10. The van der Waals surface area contributed by atoms with E-state index in [1.54, 1.807) is 37.3 Å². The molecule has 0 amide bonds. The molecule has 0 aromatic carbocycles. The fraction of sp³-hybridized carbons (Fsp3) is 0.143. The molecule has 0 aliphatic rings. The van der Waals surface area contributed by atoms with E-state index in [-0.39, 0.29) is 0 Å². The number of fused-ring (bicyclic) bond motifs is 3. The fourth-order valence-corrected chi connectivity index (χ4v) is 3.00. The lowest BCUT2D eigenvalue weighted by Gasteiger charge is -2.00. The summed E-state index contributed by atoms with van der Waals surface area (Å²) in [5, 5.41) is 18.3. The Labute approximate surface area is 148 Å². The smallest absolute Gasteiger partial charge is 0.202 e. The van der Waals surface area contributed by atoms with Crippen LogP contribution in [-0.2, 0) is 13.7 Å². The van der Waals surface area contributed by atoms with Gasteiger partial charge in [-0.3, -0.25) is 9.36 Å². The molecule has 5 rings (SSSR count). The first-order valence-electron chi connectivity index (χ1n) is 7.42. The summed E-state index contributed by atoms with van der Waals surface area (Å²) in [7, 11) is 1.85. The van der Waals surface area contributed by atoms with Crippen molar-refractivity contribution < 1.29 is 0 Å². The normalized spacial score (nSPS) is 11.8. The summed E-state index contributed by atoms with van der Waals surface area (Å²) in [5.41, 5.74) is 2.16. The summed E-state index contributed by atoms with van der Waals surface area (Å²) in [6.45, 7) is 0.507. The second-order valence-electron chi connectivity index (χ2n) is 5.53. The number of rotatable bonds is 3. The fourth-order valence-electron chi connectivity index (χ4n) is 2.67. The number of aryl methyl sites for hydroxylation is 1. The van der Waals surface area contributed by atoms with Crippen LogP contribution in [0.15, 0.2) is 41.7 Å². The molecule has 5 heterocycles. The van der Waals surface area contributed by atoms with Crippen LogP contribution >= 0.6 is 15.9 Å². The molecule has 0 radical (unpaired) electrons. The minimum absolute atomic E-state index is 0.507. The Morgan fingerprint density at radius 3 is 2.84 bits per heavy atom. The van der Waals surface area contributed by atoms with E-state index in [9.17, 15) is 0 Å². The van der Waals surface area contributed by atoms with Gasteiger partial charge < -0.3 is 0 Å². The van der Waals surface area contributed by atoms with E-state index in [0.717, 1.165) is 15.5 Å². The van der Waals surface area contributed by atoms with Crippen molar-refractivity contribution in [2.45, 2.75) is 6.67 Å². The molecule has 0 aliphatic heterocycles. The number of hydrogen-bond acceptors (Lipinski definition) is 6. The van der Waals surface area contributed by atoms with Crippen molar-refractivity contribution in [2.75, 3.05) is 0 Å². The highest BCUT2D eigenvalue weighted by molar-refractivity contribution is 9.10. The van der Waals surface area contributed by atoms with Crippen molar-refractivity contribution in [3.8, 4) is 11.5 Å². The monoisotopic (exact) mass is 398 g/mol. The summed E-state index contributed by atoms with van der Waals surface area (Å²) >= 11 is 3.38. The van der Waals surface area contributed by atoms with Gasteiger partial charge in [0.15, 0.2) is 11.3 Å². The average molecular weight is 399 g/mol. The highest BCUT2D eigenvalue weighted by atomic mass is 79.9. The topological polar surface area (TPSA) is 96.5 Å². The Bertz CT molecular complexity index is 1210. The predicted octanol–water partition coefficient (Wildman–Crippen LogP) is 1.34. The molecule has 0 spiro atoms. The van der Waals surface area contributed by atoms with Gasteiger partial charge in [0.25, 0.3) is 0 Å². The maximum absolute atomic E-state index is 4.60. The van der Waals surface area contributed by atoms with Crippen LogP contribution in [-0.4, -0.2) is 48.9 Å². The molecule has 0 bridgehead atoms. The van der Waals surface area contributed by atoms with Crippen LogP contribution in [0.3, 0.4) is 0 Å². The van der Waals surface area contributed by atoms with Crippen LogP contribution in [0.2, 0.25) is 0 Å². The predicted molar refractivity (Wildman–Crippen MR) is 91.6 cm³/mol. The first kappa shape index (κ1) is 14.3. The number of halogens is 1. The van der Waals surface area contributed by atoms with Crippen LogP contribution in [0, 0.1) is 0 Å². The standard InChI is InChI=1S/C14H11BrN10/c1-22-13-10(5-17-22)14-19-12(21-25(14)7-16-13)11-2-3-23(20-11)8-24-6-9(15)4-18-24/h2-7H,8H2,1H3. The van der Waals surface area contributed by atoms with Gasteiger partial charge in [-0.25, -0.2) is 19.2 Å². The third-order valence-corrected chi connectivity index (χ3v) is 4.24. The van der Waals surface area contributed by atoms with Gasteiger partial charge in [0, 0.05) is 19.4 Å². The number of nitrogens with zero attached hydrogens (tertiary/aromatic N) is 10. The van der Waals surface area contributed by atoms with Gasteiger partial charge in [-0.1, -0.05) is 0 Å². The van der Waals surface area contributed by atoms with Gasteiger partial charge in [-0.15, -0.1) is 5.10 Å². The van der Waals surface area contributed by atoms with Gasteiger partial charge in [0.1, 0.15) is 18.7 Å². The number of hydrogen-bond donors (Lipinski definition) is 0.